The third-order valence-electron chi connectivity index (χ3n) is 5.64. The maximum atomic E-state index is 13.5. The fourth-order valence-corrected chi connectivity index (χ4v) is 3.85. The van der Waals surface area contributed by atoms with Gasteiger partial charge < -0.3 is 10.2 Å². The van der Waals surface area contributed by atoms with E-state index in [0.29, 0.717) is 31.8 Å². The molecule has 0 radical (unpaired) electrons. The van der Waals surface area contributed by atoms with Gasteiger partial charge >= 0.3 is 12.2 Å². The Morgan fingerprint density at radius 2 is 1.75 bits per heavy atom. The number of aromatic nitrogens is 1. The van der Waals surface area contributed by atoms with Crippen molar-refractivity contribution in [1.29, 1.82) is 0 Å². The molecular weight excluding hydrogens is 415 g/mol. The Balaban J connectivity index is 1.58. The van der Waals surface area contributed by atoms with Crippen LogP contribution < -0.4 is 14.9 Å². The second-order valence-electron chi connectivity index (χ2n) is 8.91. The topological polar surface area (TPSA) is 54.6 Å². The number of hydrogen-bond donors (Lipinski definition) is 1. The molecule has 1 saturated heterocycles. The van der Waals surface area contributed by atoms with Crippen LogP contribution in [-0.4, -0.2) is 29.8 Å². The van der Waals surface area contributed by atoms with Crippen LogP contribution in [0.5, 0.6) is 0 Å². The second-order valence-corrected chi connectivity index (χ2v) is 8.91. The van der Waals surface area contributed by atoms with E-state index in [9.17, 15) is 13.2 Å². The minimum Gasteiger partial charge on any atom is -0.355 e. The largest absolute Gasteiger partial charge is 0.431 e. The molecule has 4 rings (SSSR count). The summed E-state index contributed by atoms with van der Waals surface area (Å²) in [5, 5.41) is 3.33. The van der Waals surface area contributed by atoms with Crippen LogP contribution >= 0.6 is 0 Å². The maximum absolute atomic E-state index is 13.5. The minimum atomic E-state index is -4.46. The summed E-state index contributed by atoms with van der Waals surface area (Å²) >= 11 is 0. The third-order valence-corrected chi connectivity index (χ3v) is 5.64. The average Bonchev–Trinajstić information content (AvgIpc) is 2.96. The highest BCUT2D eigenvalue weighted by atomic mass is 19.4. The van der Waals surface area contributed by atoms with Crippen molar-refractivity contribution in [2.75, 3.05) is 23.3 Å². The highest BCUT2D eigenvalue weighted by Crippen LogP contribution is 2.36. The first-order valence-electron chi connectivity index (χ1n) is 10.5. The van der Waals surface area contributed by atoms with E-state index in [1.807, 2.05) is 12.1 Å². The van der Waals surface area contributed by atoms with Crippen LogP contribution in [0.3, 0.4) is 0 Å². The molecule has 0 saturated carbocycles. The predicted octanol–water partition coefficient (Wildman–Crippen LogP) is 5.02. The summed E-state index contributed by atoms with van der Waals surface area (Å²) in [6.07, 6.45) is -2.08. The van der Waals surface area contributed by atoms with Gasteiger partial charge in [0.2, 0.25) is 5.71 Å². The first kappa shape index (κ1) is 21.9. The summed E-state index contributed by atoms with van der Waals surface area (Å²) in [4.78, 5) is 10.0. The van der Waals surface area contributed by atoms with Gasteiger partial charge in [-0.25, -0.2) is 4.98 Å². The molecule has 2 aliphatic rings. The summed E-state index contributed by atoms with van der Waals surface area (Å²) in [5.41, 5.74) is 3.14. The number of nitrogens with zero attached hydrogens (tertiary/aromatic N) is 4. The number of alkyl halides is 3. The number of hydrogen-bond acceptors (Lipinski definition) is 4. The third kappa shape index (κ3) is 4.62. The van der Waals surface area contributed by atoms with Gasteiger partial charge in [-0.05, 0) is 35.2 Å². The molecule has 166 valence electrons. The molecule has 0 spiro atoms. The monoisotopic (exact) mass is 440 g/mol. The zero-order valence-electron chi connectivity index (χ0n) is 18.3. The molecule has 1 N–H and O–H groups in total. The molecule has 32 heavy (non-hydrogen) atoms. The Labute approximate surface area is 185 Å². The van der Waals surface area contributed by atoms with Crippen molar-refractivity contribution in [3.8, 4) is 0 Å². The van der Waals surface area contributed by atoms with E-state index in [1.54, 1.807) is 4.90 Å². The number of nitrogens with one attached hydrogen (secondary N) is 1. The Kier molecular flexibility index (Phi) is 5.68. The highest BCUT2D eigenvalue weighted by molar-refractivity contribution is 6.03. The second kappa shape index (κ2) is 8.30. The molecule has 2 aliphatic heterocycles. The van der Waals surface area contributed by atoms with Crippen LogP contribution in [0, 0.1) is 0 Å². The van der Waals surface area contributed by atoms with Gasteiger partial charge in [0.05, 0.1) is 11.1 Å². The number of aliphatic imine (C=N–C) groups is 1. The summed E-state index contributed by atoms with van der Waals surface area (Å²) in [7, 11) is 0. The summed E-state index contributed by atoms with van der Waals surface area (Å²) in [5.74, 6) is 0.592. The summed E-state index contributed by atoms with van der Waals surface area (Å²) in [6, 6.07) is 13.2. The Bertz CT molecular complexity index is 1140. The molecule has 1 aromatic carbocycles. The molecular formula is C24H25F3N5+. The van der Waals surface area contributed by atoms with Gasteiger partial charge in [-0.2, -0.15) is 17.8 Å². The van der Waals surface area contributed by atoms with E-state index in [-0.39, 0.29) is 11.2 Å². The van der Waals surface area contributed by atoms with Gasteiger partial charge in [0, 0.05) is 42.8 Å². The first-order chi connectivity index (χ1) is 15.1. The van der Waals surface area contributed by atoms with Crippen LogP contribution in [0.2, 0.25) is 0 Å². The SMILES string of the molecule is CC(C)(C)c1ccc(NC2=C3CCN(c4ncccc4C(F)(F)F)CCC3=[N+]=C=N2)cc1. The van der Waals surface area contributed by atoms with E-state index in [2.05, 4.69) is 58.9 Å². The van der Waals surface area contributed by atoms with Gasteiger partial charge in [0.15, 0.2) is 0 Å². The van der Waals surface area contributed by atoms with Gasteiger partial charge in [-0.1, -0.05) is 32.9 Å². The molecule has 0 aliphatic carbocycles. The van der Waals surface area contributed by atoms with Gasteiger partial charge in [-0.15, -0.1) is 0 Å². The van der Waals surface area contributed by atoms with Gasteiger partial charge in [0.25, 0.3) is 5.82 Å². The van der Waals surface area contributed by atoms with Crippen LogP contribution in [0.1, 0.15) is 44.7 Å². The number of anilines is 2. The number of benzene rings is 1. The molecule has 0 atom stereocenters. The Hall–Kier alpha value is -3.34. The molecule has 0 unspecified atom stereocenters. The summed E-state index contributed by atoms with van der Waals surface area (Å²) in [6.45, 7) is 7.25. The predicted molar refractivity (Wildman–Crippen MR) is 121 cm³/mol. The zero-order valence-corrected chi connectivity index (χ0v) is 18.3. The minimum absolute atomic E-state index is 0.0444. The maximum Gasteiger partial charge on any atom is 0.431 e. The number of halogens is 3. The Morgan fingerprint density at radius 3 is 2.44 bits per heavy atom. The summed E-state index contributed by atoms with van der Waals surface area (Å²) < 4.78 is 44.7. The van der Waals surface area contributed by atoms with E-state index >= 15 is 0 Å². The molecule has 5 nitrogen and oxygen atoms in total. The molecule has 2 aromatic rings. The highest BCUT2D eigenvalue weighted by Gasteiger charge is 2.37. The lowest BCUT2D eigenvalue weighted by Crippen LogP contribution is -2.28. The molecule has 1 fully saturated rings. The fourth-order valence-electron chi connectivity index (χ4n) is 3.85. The number of pyridine rings is 1. The van der Waals surface area contributed by atoms with Crippen molar-refractivity contribution < 1.29 is 13.2 Å². The molecule has 8 heteroatoms. The lowest BCUT2D eigenvalue weighted by atomic mass is 9.87. The van der Waals surface area contributed by atoms with E-state index in [4.69, 9.17) is 0 Å². The van der Waals surface area contributed by atoms with Crippen molar-refractivity contribution in [2.24, 2.45) is 4.99 Å². The molecule has 3 heterocycles. The van der Waals surface area contributed by atoms with Gasteiger partial charge in [-0.3, -0.25) is 0 Å². The van der Waals surface area contributed by atoms with Crippen molar-refractivity contribution >= 4 is 23.2 Å². The van der Waals surface area contributed by atoms with E-state index in [0.717, 1.165) is 23.0 Å². The smallest absolute Gasteiger partial charge is 0.355 e. The first-order valence-corrected chi connectivity index (χ1v) is 10.5. The van der Waals surface area contributed by atoms with Gasteiger partial charge in [0.1, 0.15) is 5.82 Å². The number of fused-ring (bicyclic) bond motifs is 1. The van der Waals surface area contributed by atoms with Crippen LogP contribution in [0.25, 0.3) is 0 Å². The quantitative estimate of drug-likeness (QED) is 0.682. The van der Waals surface area contributed by atoms with Crippen molar-refractivity contribution in [2.45, 2.75) is 45.2 Å². The molecule has 0 bridgehead atoms. The standard InChI is InChI=1S/C24H24F3N5/c1-23(2,3)16-6-8-17(9-7-16)31-21-18-10-13-32(14-11-20(18)29-15-30-21)22-19(24(25,26)27)5-4-12-28-22/h4-9,12H,10-11,13-14H2,1-3H3/p+1. The van der Waals surface area contributed by atoms with E-state index < -0.39 is 11.7 Å². The van der Waals surface area contributed by atoms with Crippen molar-refractivity contribution in [3.05, 3.63) is 65.1 Å². The normalized spacial score (nSPS) is 16.6. The average molecular weight is 440 g/mol. The lowest BCUT2D eigenvalue weighted by Gasteiger charge is -2.24. The number of rotatable bonds is 3. The van der Waals surface area contributed by atoms with Crippen molar-refractivity contribution in [1.82, 2.24) is 9.65 Å². The van der Waals surface area contributed by atoms with Crippen LogP contribution in [0.15, 0.2) is 59.0 Å². The van der Waals surface area contributed by atoms with Crippen LogP contribution in [-0.2, 0) is 11.6 Å². The van der Waals surface area contributed by atoms with E-state index in [1.165, 1.54) is 17.8 Å². The Morgan fingerprint density at radius 1 is 1.03 bits per heavy atom. The lowest BCUT2D eigenvalue weighted by molar-refractivity contribution is -0.137. The van der Waals surface area contributed by atoms with Crippen molar-refractivity contribution in [3.63, 3.8) is 0 Å². The zero-order chi connectivity index (χ0) is 22.9. The molecule has 1 aromatic heterocycles. The molecule has 0 amide bonds. The fraction of sp³-hybridized carbons (Fsp3) is 0.375. The van der Waals surface area contributed by atoms with Crippen LogP contribution in [0.4, 0.5) is 24.7 Å².